The summed E-state index contributed by atoms with van der Waals surface area (Å²) in [4.78, 5) is 26.7. The second-order valence-electron chi connectivity index (χ2n) is 4.96. The Morgan fingerprint density at radius 2 is 2.16 bits per heavy atom. The summed E-state index contributed by atoms with van der Waals surface area (Å²) in [5.74, 6) is 1.29. The van der Waals surface area contributed by atoms with E-state index in [-0.39, 0.29) is 11.7 Å². The third-order valence-electron chi connectivity index (χ3n) is 3.64. The number of carbonyl (C=O) groups is 1. The van der Waals surface area contributed by atoms with E-state index in [0.717, 1.165) is 37.3 Å². The van der Waals surface area contributed by atoms with E-state index in [1.54, 1.807) is 19.3 Å². The number of rotatable bonds is 2. The average molecular weight is 256 g/mol. The van der Waals surface area contributed by atoms with Gasteiger partial charge in [-0.05, 0) is 31.9 Å². The molecule has 0 bridgehead atoms. The summed E-state index contributed by atoms with van der Waals surface area (Å²) in [6.45, 7) is 3.38. The van der Waals surface area contributed by atoms with Crippen LogP contribution in [0.3, 0.4) is 0 Å². The molecule has 0 aliphatic carbocycles. The third-order valence-corrected chi connectivity index (χ3v) is 3.64. The molecule has 5 nitrogen and oxygen atoms in total. The molecule has 19 heavy (non-hydrogen) atoms. The Balaban J connectivity index is 1.89. The van der Waals surface area contributed by atoms with Crippen molar-refractivity contribution in [3.05, 3.63) is 24.5 Å². The molecule has 3 rings (SSSR count). The van der Waals surface area contributed by atoms with Gasteiger partial charge in [0.2, 0.25) is 0 Å². The standard InChI is InChI=1S/C14H16N4O/c1-10(19)11-3-2-8-18(9-11)13-5-4-12-14(17-13)16-7-6-15-12/h4-7,11H,2-3,8-9H2,1H3. The Morgan fingerprint density at radius 3 is 3.00 bits per heavy atom. The van der Waals surface area contributed by atoms with Gasteiger partial charge in [-0.1, -0.05) is 0 Å². The molecule has 2 aromatic heterocycles. The summed E-state index contributed by atoms with van der Waals surface area (Å²) in [5.41, 5.74) is 1.45. The van der Waals surface area contributed by atoms with Gasteiger partial charge in [0, 0.05) is 31.4 Å². The van der Waals surface area contributed by atoms with Crippen LogP contribution in [-0.2, 0) is 4.79 Å². The number of piperidine rings is 1. The van der Waals surface area contributed by atoms with E-state index in [4.69, 9.17) is 0 Å². The molecule has 0 saturated carbocycles. The maximum absolute atomic E-state index is 11.5. The monoisotopic (exact) mass is 256 g/mol. The molecule has 0 aromatic carbocycles. The zero-order valence-corrected chi connectivity index (χ0v) is 10.9. The molecule has 1 saturated heterocycles. The average Bonchev–Trinajstić information content (AvgIpc) is 2.47. The van der Waals surface area contributed by atoms with Gasteiger partial charge >= 0.3 is 0 Å². The smallest absolute Gasteiger partial charge is 0.180 e. The van der Waals surface area contributed by atoms with Crippen LogP contribution < -0.4 is 4.90 Å². The molecule has 1 aliphatic heterocycles. The fourth-order valence-electron chi connectivity index (χ4n) is 2.54. The SMILES string of the molecule is CC(=O)C1CCCN(c2ccc3nccnc3n2)C1. The maximum atomic E-state index is 11.5. The van der Waals surface area contributed by atoms with Crippen molar-refractivity contribution in [3.63, 3.8) is 0 Å². The second-order valence-corrected chi connectivity index (χ2v) is 4.96. The van der Waals surface area contributed by atoms with Crippen LogP contribution in [0.5, 0.6) is 0 Å². The van der Waals surface area contributed by atoms with E-state index in [2.05, 4.69) is 19.9 Å². The molecule has 0 N–H and O–H groups in total. The number of hydrogen-bond acceptors (Lipinski definition) is 5. The molecule has 2 aromatic rings. The summed E-state index contributed by atoms with van der Waals surface area (Å²) < 4.78 is 0. The summed E-state index contributed by atoms with van der Waals surface area (Å²) in [7, 11) is 0. The molecule has 3 heterocycles. The van der Waals surface area contributed by atoms with Crippen LogP contribution in [0.15, 0.2) is 24.5 Å². The lowest BCUT2D eigenvalue weighted by Gasteiger charge is -2.32. The number of hydrogen-bond donors (Lipinski definition) is 0. The summed E-state index contributed by atoms with van der Waals surface area (Å²) in [6, 6.07) is 3.89. The van der Waals surface area contributed by atoms with Crippen molar-refractivity contribution in [2.75, 3.05) is 18.0 Å². The minimum absolute atomic E-state index is 0.133. The van der Waals surface area contributed by atoms with Gasteiger partial charge in [0.15, 0.2) is 5.65 Å². The Hall–Kier alpha value is -2.04. The molecule has 1 fully saturated rings. The number of pyridine rings is 1. The molecule has 0 amide bonds. The highest BCUT2D eigenvalue weighted by Crippen LogP contribution is 2.23. The summed E-state index contributed by atoms with van der Waals surface area (Å²) in [6.07, 6.45) is 5.33. The van der Waals surface area contributed by atoms with E-state index >= 15 is 0 Å². The van der Waals surface area contributed by atoms with E-state index in [9.17, 15) is 4.79 Å². The van der Waals surface area contributed by atoms with Crippen LogP contribution in [-0.4, -0.2) is 33.8 Å². The highest BCUT2D eigenvalue weighted by Gasteiger charge is 2.24. The number of Topliss-reactive ketones (excluding diaryl/α,β-unsaturated/α-hetero) is 1. The summed E-state index contributed by atoms with van der Waals surface area (Å²) in [5, 5.41) is 0. The van der Waals surface area contributed by atoms with E-state index in [1.807, 2.05) is 12.1 Å². The minimum Gasteiger partial charge on any atom is -0.356 e. The Bertz CT molecular complexity index is 613. The zero-order valence-electron chi connectivity index (χ0n) is 10.9. The number of ketones is 1. The van der Waals surface area contributed by atoms with Gasteiger partial charge in [-0.3, -0.25) is 9.78 Å². The fourth-order valence-corrected chi connectivity index (χ4v) is 2.54. The van der Waals surface area contributed by atoms with Gasteiger partial charge in [-0.15, -0.1) is 0 Å². The molecular weight excluding hydrogens is 240 g/mol. The number of nitrogens with zero attached hydrogens (tertiary/aromatic N) is 4. The molecule has 1 atom stereocenters. The van der Waals surface area contributed by atoms with Crippen molar-refractivity contribution in [1.82, 2.24) is 15.0 Å². The van der Waals surface area contributed by atoms with Crippen LogP contribution in [0.25, 0.3) is 11.2 Å². The van der Waals surface area contributed by atoms with Crippen LogP contribution in [0.1, 0.15) is 19.8 Å². The van der Waals surface area contributed by atoms with Crippen LogP contribution in [0.4, 0.5) is 5.82 Å². The lowest BCUT2D eigenvalue weighted by Crippen LogP contribution is -2.38. The van der Waals surface area contributed by atoms with Gasteiger partial charge in [0.05, 0.1) is 0 Å². The second kappa shape index (κ2) is 4.91. The normalized spacial score (nSPS) is 19.6. The highest BCUT2D eigenvalue weighted by atomic mass is 16.1. The molecular formula is C14H16N4O. The van der Waals surface area contributed by atoms with E-state index in [1.165, 1.54) is 0 Å². The topological polar surface area (TPSA) is 59.0 Å². The van der Waals surface area contributed by atoms with Crippen molar-refractivity contribution in [2.24, 2.45) is 5.92 Å². The Labute approximate surface area is 111 Å². The summed E-state index contributed by atoms with van der Waals surface area (Å²) >= 11 is 0. The quantitative estimate of drug-likeness (QED) is 0.820. The Morgan fingerprint density at radius 1 is 1.32 bits per heavy atom. The van der Waals surface area contributed by atoms with Crippen LogP contribution in [0.2, 0.25) is 0 Å². The van der Waals surface area contributed by atoms with Gasteiger partial charge in [0.25, 0.3) is 0 Å². The fraction of sp³-hybridized carbons (Fsp3) is 0.429. The highest BCUT2D eigenvalue weighted by molar-refractivity contribution is 5.79. The van der Waals surface area contributed by atoms with Crippen molar-refractivity contribution < 1.29 is 4.79 Å². The predicted molar refractivity (Wildman–Crippen MR) is 73.0 cm³/mol. The van der Waals surface area contributed by atoms with E-state index < -0.39 is 0 Å². The van der Waals surface area contributed by atoms with Crippen molar-refractivity contribution in [1.29, 1.82) is 0 Å². The number of aromatic nitrogens is 3. The molecule has 1 unspecified atom stereocenters. The van der Waals surface area contributed by atoms with Gasteiger partial charge < -0.3 is 4.90 Å². The Kier molecular flexibility index (Phi) is 3.11. The third kappa shape index (κ3) is 2.41. The lowest BCUT2D eigenvalue weighted by atomic mass is 9.94. The molecule has 1 aliphatic rings. The predicted octanol–water partition coefficient (Wildman–Crippen LogP) is 1.83. The maximum Gasteiger partial charge on any atom is 0.180 e. The molecule has 0 radical (unpaired) electrons. The molecule has 0 spiro atoms. The zero-order chi connectivity index (χ0) is 13.2. The number of anilines is 1. The first-order valence-electron chi connectivity index (χ1n) is 6.57. The van der Waals surface area contributed by atoms with Crippen molar-refractivity contribution >= 4 is 22.8 Å². The molecule has 5 heteroatoms. The largest absolute Gasteiger partial charge is 0.356 e. The number of fused-ring (bicyclic) bond motifs is 1. The van der Waals surface area contributed by atoms with Crippen LogP contribution >= 0.6 is 0 Å². The van der Waals surface area contributed by atoms with Crippen molar-refractivity contribution in [3.8, 4) is 0 Å². The molecule has 98 valence electrons. The van der Waals surface area contributed by atoms with Gasteiger partial charge in [0.1, 0.15) is 17.1 Å². The van der Waals surface area contributed by atoms with Crippen LogP contribution in [0, 0.1) is 5.92 Å². The lowest BCUT2D eigenvalue weighted by molar-refractivity contribution is -0.120. The first kappa shape index (κ1) is 12.0. The van der Waals surface area contributed by atoms with Gasteiger partial charge in [-0.2, -0.15) is 0 Å². The van der Waals surface area contributed by atoms with Gasteiger partial charge in [-0.25, -0.2) is 9.97 Å². The minimum atomic E-state index is 0.133. The number of carbonyl (C=O) groups excluding carboxylic acids is 1. The first-order chi connectivity index (χ1) is 9.24. The van der Waals surface area contributed by atoms with E-state index in [0.29, 0.717) is 5.65 Å². The van der Waals surface area contributed by atoms with Crippen molar-refractivity contribution in [2.45, 2.75) is 19.8 Å². The first-order valence-corrected chi connectivity index (χ1v) is 6.57.